The topological polar surface area (TPSA) is 108 Å². The van der Waals surface area contributed by atoms with Crippen LogP contribution >= 0.6 is 0 Å². The zero-order chi connectivity index (χ0) is 26.9. The highest BCUT2D eigenvalue weighted by Gasteiger charge is 2.42. The molecule has 1 aliphatic heterocycles. The fourth-order valence-electron chi connectivity index (χ4n) is 5.24. The fourth-order valence-corrected chi connectivity index (χ4v) is 5.24. The Labute approximate surface area is 213 Å². The van der Waals surface area contributed by atoms with Crippen molar-refractivity contribution in [3.63, 3.8) is 0 Å². The molecule has 3 fully saturated rings. The van der Waals surface area contributed by atoms with Gasteiger partial charge in [0, 0.05) is 37.5 Å². The van der Waals surface area contributed by atoms with Gasteiger partial charge in [0.15, 0.2) is 28.9 Å². The van der Waals surface area contributed by atoms with Gasteiger partial charge in [-0.15, -0.1) is 0 Å². The standard InChI is InChI=1S/C26H24F4N4O4/c27-13-5-16(28)22(17(29)6-13)34-8-15(26(38)31-21(11-1-2-11)12-3-4-12)23(37)14-7-18(30)25(32-24(14)34)33-9-19(35)20(36)10-33/h5-8,11-12,19-21,35-36H,1-4,9-10H2,(H,31,38)/t19-,20-/m1/s1. The first kappa shape index (κ1) is 24.8. The number of carbonyl (C=O) groups is 1. The highest BCUT2D eigenvalue weighted by Crippen LogP contribution is 2.44. The number of hydrogen-bond acceptors (Lipinski definition) is 6. The van der Waals surface area contributed by atoms with Gasteiger partial charge >= 0.3 is 0 Å². The highest BCUT2D eigenvalue weighted by atomic mass is 19.1. The molecule has 6 rings (SSSR count). The summed E-state index contributed by atoms with van der Waals surface area (Å²) < 4.78 is 59.5. The fraction of sp³-hybridized carbons (Fsp3) is 0.423. The van der Waals surface area contributed by atoms with E-state index in [2.05, 4.69) is 10.3 Å². The van der Waals surface area contributed by atoms with Gasteiger partial charge < -0.3 is 20.4 Å². The zero-order valence-corrected chi connectivity index (χ0v) is 20.0. The number of β-amino-alcohol motifs (C(OH)–C–C–N with tert-alkyl or cyclic N) is 2. The number of aliphatic hydroxyl groups is 2. The van der Waals surface area contributed by atoms with Gasteiger partial charge in [-0.1, -0.05) is 0 Å². The van der Waals surface area contributed by atoms with Gasteiger partial charge in [-0.05, 0) is 43.6 Å². The van der Waals surface area contributed by atoms with Crippen LogP contribution in [0.3, 0.4) is 0 Å². The number of aliphatic hydroxyl groups excluding tert-OH is 2. The third-order valence-corrected chi connectivity index (χ3v) is 7.50. The van der Waals surface area contributed by atoms with E-state index in [0.29, 0.717) is 24.0 Å². The number of nitrogens with one attached hydrogen (secondary N) is 1. The average Bonchev–Trinajstić information content (AvgIpc) is 3.77. The maximum Gasteiger partial charge on any atom is 0.257 e. The second-order valence-electron chi connectivity index (χ2n) is 10.3. The molecule has 0 bridgehead atoms. The van der Waals surface area contributed by atoms with Crippen LogP contribution in [0.4, 0.5) is 23.4 Å². The molecule has 1 aromatic carbocycles. The summed E-state index contributed by atoms with van der Waals surface area (Å²) in [5, 5.41) is 22.2. The molecule has 0 radical (unpaired) electrons. The number of pyridine rings is 2. The van der Waals surface area contributed by atoms with Gasteiger partial charge in [0.2, 0.25) is 5.43 Å². The van der Waals surface area contributed by atoms with Crippen molar-refractivity contribution in [2.24, 2.45) is 11.8 Å². The number of carbonyl (C=O) groups excluding carboxylic acids is 1. The summed E-state index contributed by atoms with van der Waals surface area (Å²) in [7, 11) is 0. The average molecular weight is 532 g/mol. The Morgan fingerprint density at radius 3 is 2.08 bits per heavy atom. The van der Waals surface area contributed by atoms with Crippen molar-refractivity contribution in [2.75, 3.05) is 18.0 Å². The minimum Gasteiger partial charge on any atom is -0.389 e. The summed E-state index contributed by atoms with van der Waals surface area (Å²) in [6, 6.07) is 1.56. The normalized spacial score (nSPS) is 21.5. The predicted molar refractivity (Wildman–Crippen MR) is 128 cm³/mol. The molecule has 3 aromatic rings. The molecule has 3 aliphatic rings. The van der Waals surface area contributed by atoms with Crippen molar-refractivity contribution in [1.82, 2.24) is 14.9 Å². The molecule has 2 atom stereocenters. The summed E-state index contributed by atoms with van der Waals surface area (Å²) in [5.74, 6) is -5.35. The van der Waals surface area contributed by atoms with Crippen LogP contribution in [0, 0.1) is 35.1 Å². The first-order valence-electron chi connectivity index (χ1n) is 12.4. The Morgan fingerprint density at radius 2 is 1.53 bits per heavy atom. The number of halogens is 4. The summed E-state index contributed by atoms with van der Waals surface area (Å²) in [6.07, 6.45) is 2.37. The van der Waals surface area contributed by atoms with E-state index in [1.54, 1.807) is 0 Å². The van der Waals surface area contributed by atoms with Gasteiger partial charge in [-0.25, -0.2) is 22.5 Å². The quantitative estimate of drug-likeness (QED) is 0.421. The number of rotatable bonds is 6. The van der Waals surface area contributed by atoms with Gasteiger partial charge in [0.25, 0.3) is 5.91 Å². The van der Waals surface area contributed by atoms with Crippen LogP contribution in [0.15, 0.2) is 29.2 Å². The first-order valence-corrected chi connectivity index (χ1v) is 12.4. The second-order valence-corrected chi connectivity index (χ2v) is 10.3. The second kappa shape index (κ2) is 9.05. The van der Waals surface area contributed by atoms with E-state index < -0.39 is 63.4 Å². The predicted octanol–water partition coefficient (Wildman–Crippen LogP) is 2.40. The summed E-state index contributed by atoms with van der Waals surface area (Å²) >= 11 is 0. The van der Waals surface area contributed by atoms with Crippen LogP contribution < -0.4 is 15.6 Å². The number of aromatic nitrogens is 2. The Balaban J connectivity index is 1.53. The number of fused-ring (bicyclic) bond motifs is 1. The van der Waals surface area contributed by atoms with Crippen molar-refractivity contribution in [3.05, 3.63) is 63.5 Å². The smallest absolute Gasteiger partial charge is 0.257 e. The van der Waals surface area contributed by atoms with E-state index in [4.69, 9.17) is 0 Å². The van der Waals surface area contributed by atoms with Crippen molar-refractivity contribution in [1.29, 1.82) is 0 Å². The van der Waals surface area contributed by atoms with Gasteiger partial charge in [-0.2, -0.15) is 0 Å². The van der Waals surface area contributed by atoms with E-state index >= 15 is 4.39 Å². The molecule has 1 amide bonds. The van der Waals surface area contributed by atoms with Crippen molar-refractivity contribution in [3.8, 4) is 5.69 Å². The monoisotopic (exact) mass is 532 g/mol. The molecule has 12 heteroatoms. The lowest BCUT2D eigenvalue weighted by atomic mass is 10.1. The molecule has 0 spiro atoms. The Kier molecular flexibility index (Phi) is 5.91. The van der Waals surface area contributed by atoms with Crippen molar-refractivity contribution < 1.29 is 32.6 Å². The molecule has 2 aliphatic carbocycles. The van der Waals surface area contributed by atoms with Crippen molar-refractivity contribution in [2.45, 2.75) is 43.9 Å². The molecular formula is C26H24F4N4O4. The third kappa shape index (κ3) is 4.31. The minimum absolute atomic E-state index is 0.129. The molecule has 1 saturated heterocycles. The Bertz CT molecular complexity index is 1480. The number of nitrogens with zero attached hydrogens (tertiary/aromatic N) is 3. The van der Waals surface area contributed by atoms with Crippen molar-refractivity contribution >= 4 is 22.8 Å². The van der Waals surface area contributed by atoms with E-state index in [1.807, 2.05) is 0 Å². The SMILES string of the molecule is O=C(NC(C1CC1)C1CC1)c1cn(-c2c(F)cc(F)cc2F)c2nc(N3C[C@@H](O)[C@H](O)C3)c(F)cc2c1=O. The molecule has 2 aromatic heterocycles. The molecule has 3 heterocycles. The summed E-state index contributed by atoms with van der Waals surface area (Å²) in [6.45, 7) is -0.353. The molecule has 38 heavy (non-hydrogen) atoms. The lowest BCUT2D eigenvalue weighted by molar-refractivity contribution is 0.0572. The third-order valence-electron chi connectivity index (χ3n) is 7.50. The lowest BCUT2D eigenvalue weighted by Gasteiger charge is -2.21. The summed E-state index contributed by atoms with van der Waals surface area (Å²) in [5.41, 5.74) is -2.54. The maximum absolute atomic E-state index is 15.2. The van der Waals surface area contributed by atoms with Crippen LogP contribution in [0.25, 0.3) is 16.7 Å². The van der Waals surface area contributed by atoms with Crippen LogP contribution in [0.2, 0.25) is 0 Å². The molecule has 3 N–H and O–H groups in total. The van der Waals surface area contributed by atoms with E-state index in [1.165, 1.54) is 4.90 Å². The van der Waals surface area contributed by atoms with Crippen LogP contribution in [0.1, 0.15) is 36.0 Å². The number of amides is 1. The van der Waals surface area contributed by atoms with Gasteiger partial charge in [-0.3, -0.25) is 14.2 Å². The molecule has 200 valence electrons. The number of benzene rings is 1. The first-order chi connectivity index (χ1) is 18.1. The van der Waals surface area contributed by atoms with Crippen LogP contribution in [0.5, 0.6) is 0 Å². The van der Waals surface area contributed by atoms with Gasteiger partial charge in [0.1, 0.15) is 17.1 Å². The van der Waals surface area contributed by atoms with Crippen LogP contribution in [-0.4, -0.2) is 57.0 Å². The van der Waals surface area contributed by atoms with E-state index in [0.717, 1.165) is 42.5 Å². The largest absolute Gasteiger partial charge is 0.389 e. The van der Waals surface area contributed by atoms with E-state index in [-0.39, 0.29) is 30.6 Å². The van der Waals surface area contributed by atoms with Gasteiger partial charge in [0.05, 0.1) is 17.6 Å². The highest BCUT2D eigenvalue weighted by molar-refractivity contribution is 5.97. The van der Waals surface area contributed by atoms with Crippen LogP contribution in [-0.2, 0) is 0 Å². The molecular weight excluding hydrogens is 508 g/mol. The van der Waals surface area contributed by atoms with E-state index in [9.17, 15) is 33.0 Å². The number of anilines is 1. The molecule has 2 saturated carbocycles. The molecule has 0 unspecified atom stereocenters. The summed E-state index contributed by atoms with van der Waals surface area (Å²) in [4.78, 5) is 32.0. The number of hydrogen-bond donors (Lipinski definition) is 3. The Morgan fingerprint density at radius 1 is 0.947 bits per heavy atom. The maximum atomic E-state index is 15.2. The molecule has 8 nitrogen and oxygen atoms in total. The Hall–Kier alpha value is -3.51. The zero-order valence-electron chi connectivity index (χ0n) is 20.0. The minimum atomic E-state index is -1.33. The lowest BCUT2D eigenvalue weighted by Crippen LogP contribution is -2.40.